The monoisotopic (exact) mass is 368 g/mol. The van der Waals surface area contributed by atoms with E-state index in [0.29, 0.717) is 12.2 Å². The summed E-state index contributed by atoms with van der Waals surface area (Å²) in [5.41, 5.74) is 8.77. The van der Waals surface area contributed by atoms with Gasteiger partial charge in [0.1, 0.15) is 0 Å². The van der Waals surface area contributed by atoms with Gasteiger partial charge in [-0.25, -0.2) is 8.42 Å². The smallest absolute Gasteiger partial charge is 0.236 e. The summed E-state index contributed by atoms with van der Waals surface area (Å²) < 4.78 is 27.9. The van der Waals surface area contributed by atoms with Crippen LogP contribution in [0, 0.1) is 6.92 Å². The Hall–Kier alpha value is -1.37. The number of hydrogen-bond acceptors (Lipinski definition) is 3. The van der Waals surface area contributed by atoms with Crippen molar-refractivity contribution in [2.45, 2.75) is 19.2 Å². The molecule has 0 unspecified atom stereocenters. The van der Waals surface area contributed by atoms with Gasteiger partial charge in [-0.05, 0) is 41.8 Å². The molecule has 4 nitrogen and oxygen atoms in total. The van der Waals surface area contributed by atoms with Crippen LogP contribution in [0.1, 0.15) is 16.7 Å². The molecule has 2 aromatic carbocycles. The molecule has 6 heteroatoms. The second kappa shape index (κ2) is 6.60. The van der Waals surface area contributed by atoms with Crippen LogP contribution in [0.25, 0.3) is 0 Å². The number of rotatable bonds is 5. The second-order valence-corrected chi connectivity index (χ2v) is 7.42. The van der Waals surface area contributed by atoms with E-state index in [1.54, 1.807) is 24.3 Å². The molecule has 2 aromatic rings. The fraction of sp³-hybridized carbons (Fsp3) is 0.200. The third-order valence-electron chi connectivity index (χ3n) is 3.05. The Bertz CT molecular complexity index is 728. The number of sulfonamides is 1. The first-order valence-corrected chi connectivity index (χ1v) is 8.89. The van der Waals surface area contributed by atoms with Gasteiger partial charge in [0, 0.05) is 16.7 Å². The molecule has 0 aliphatic carbocycles. The van der Waals surface area contributed by atoms with Crippen LogP contribution in [0.2, 0.25) is 0 Å². The summed E-state index contributed by atoms with van der Waals surface area (Å²) >= 11 is 3.39. The standard InChI is InChI=1S/C15H17BrN2O2S/c1-11-8-14(6-7-15(11)16)18-21(19,20)10-13-4-2-12(9-17)3-5-13/h2-8,18H,9-10,17H2,1H3. The van der Waals surface area contributed by atoms with E-state index in [2.05, 4.69) is 20.7 Å². The number of hydrogen-bond donors (Lipinski definition) is 2. The first kappa shape index (κ1) is 16.0. The molecule has 0 saturated heterocycles. The molecule has 0 bridgehead atoms. The fourth-order valence-corrected chi connectivity index (χ4v) is 3.35. The van der Waals surface area contributed by atoms with Gasteiger partial charge in [-0.3, -0.25) is 4.72 Å². The zero-order chi connectivity index (χ0) is 15.5. The van der Waals surface area contributed by atoms with Crippen LogP contribution < -0.4 is 10.5 Å². The van der Waals surface area contributed by atoms with Gasteiger partial charge in [-0.2, -0.15) is 0 Å². The second-order valence-electron chi connectivity index (χ2n) is 4.85. The molecule has 0 spiro atoms. The molecule has 3 N–H and O–H groups in total. The Labute approximate surface area is 133 Å². The lowest BCUT2D eigenvalue weighted by atomic mass is 10.1. The highest BCUT2D eigenvalue weighted by Crippen LogP contribution is 2.21. The van der Waals surface area contributed by atoms with Crippen molar-refractivity contribution in [1.82, 2.24) is 0 Å². The summed E-state index contributed by atoms with van der Waals surface area (Å²) in [6, 6.07) is 12.6. The molecular formula is C15H17BrN2O2S. The number of nitrogens with two attached hydrogens (primary N) is 1. The van der Waals surface area contributed by atoms with E-state index in [-0.39, 0.29) is 5.75 Å². The molecular weight excluding hydrogens is 352 g/mol. The van der Waals surface area contributed by atoms with Crippen molar-refractivity contribution in [1.29, 1.82) is 0 Å². The van der Waals surface area contributed by atoms with E-state index in [1.807, 2.05) is 25.1 Å². The van der Waals surface area contributed by atoms with Gasteiger partial charge in [0.15, 0.2) is 0 Å². The molecule has 0 fully saturated rings. The van der Waals surface area contributed by atoms with Crippen molar-refractivity contribution in [3.63, 3.8) is 0 Å². The van der Waals surface area contributed by atoms with E-state index in [1.165, 1.54) is 0 Å². The van der Waals surface area contributed by atoms with Crippen molar-refractivity contribution in [2.24, 2.45) is 5.73 Å². The van der Waals surface area contributed by atoms with Gasteiger partial charge in [-0.15, -0.1) is 0 Å². The van der Waals surface area contributed by atoms with Crippen LogP contribution in [0.15, 0.2) is 46.9 Å². The zero-order valence-corrected chi connectivity index (χ0v) is 14.0. The van der Waals surface area contributed by atoms with Crippen molar-refractivity contribution in [2.75, 3.05) is 4.72 Å². The van der Waals surface area contributed by atoms with Crippen molar-refractivity contribution in [3.05, 3.63) is 63.6 Å². The molecule has 0 aromatic heterocycles. The first-order chi connectivity index (χ1) is 9.89. The van der Waals surface area contributed by atoms with Gasteiger partial charge in [0.05, 0.1) is 5.75 Å². The maximum atomic E-state index is 12.2. The molecule has 112 valence electrons. The SMILES string of the molecule is Cc1cc(NS(=O)(=O)Cc2ccc(CN)cc2)ccc1Br. The fourth-order valence-electron chi connectivity index (χ4n) is 1.91. The molecule has 0 radical (unpaired) electrons. The minimum absolute atomic E-state index is 0.0625. The van der Waals surface area contributed by atoms with E-state index in [0.717, 1.165) is 21.2 Å². The summed E-state index contributed by atoms with van der Waals surface area (Å²) in [7, 11) is -3.43. The van der Waals surface area contributed by atoms with Crippen LogP contribution in [0.3, 0.4) is 0 Å². The molecule has 2 rings (SSSR count). The molecule has 0 atom stereocenters. The molecule has 0 amide bonds. The Morgan fingerprint density at radius 1 is 1.10 bits per heavy atom. The summed E-state index contributed by atoms with van der Waals surface area (Å²) in [5, 5.41) is 0. The van der Waals surface area contributed by atoms with Gasteiger partial charge in [0.2, 0.25) is 10.0 Å². The number of nitrogens with one attached hydrogen (secondary N) is 1. The summed E-state index contributed by atoms with van der Waals surface area (Å²) in [6.45, 7) is 2.36. The van der Waals surface area contributed by atoms with Crippen LogP contribution in [0.5, 0.6) is 0 Å². The van der Waals surface area contributed by atoms with Gasteiger partial charge in [0.25, 0.3) is 0 Å². The Morgan fingerprint density at radius 3 is 2.29 bits per heavy atom. The van der Waals surface area contributed by atoms with E-state index < -0.39 is 10.0 Å². The predicted molar refractivity (Wildman–Crippen MR) is 89.5 cm³/mol. The Morgan fingerprint density at radius 2 is 1.71 bits per heavy atom. The highest BCUT2D eigenvalue weighted by molar-refractivity contribution is 9.10. The van der Waals surface area contributed by atoms with Gasteiger partial charge < -0.3 is 5.73 Å². The maximum Gasteiger partial charge on any atom is 0.236 e. The number of benzene rings is 2. The normalized spacial score (nSPS) is 11.4. The number of anilines is 1. The molecule has 0 aliphatic rings. The third-order valence-corrected chi connectivity index (χ3v) is 5.20. The van der Waals surface area contributed by atoms with Crippen LogP contribution in [-0.2, 0) is 22.3 Å². The minimum atomic E-state index is -3.43. The van der Waals surface area contributed by atoms with Crippen molar-refractivity contribution < 1.29 is 8.42 Å². The first-order valence-electron chi connectivity index (χ1n) is 6.44. The van der Waals surface area contributed by atoms with Gasteiger partial charge in [-0.1, -0.05) is 40.2 Å². The zero-order valence-electron chi connectivity index (χ0n) is 11.6. The van der Waals surface area contributed by atoms with Crippen LogP contribution in [-0.4, -0.2) is 8.42 Å². The van der Waals surface area contributed by atoms with Gasteiger partial charge >= 0.3 is 0 Å². The van der Waals surface area contributed by atoms with Crippen molar-refractivity contribution >= 4 is 31.6 Å². The minimum Gasteiger partial charge on any atom is -0.326 e. The van der Waals surface area contributed by atoms with E-state index >= 15 is 0 Å². The van der Waals surface area contributed by atoms with E-state index in [9.17, 15) is 8.42 Å². The van der Waals surface area contributed by atoms with Crippen LogP contribution in [0.4, 0.5) is 5.69 Å². The van der Waals surface area contributed by atoms with Crippen LogP contribution >= 0.6 is 15.9 Å². The third kappa shape index (κ3) is 4.56. The highest BCUT2D eigenvalue weighted by atomic mass is 79.9. The van der Waals surface area contributed by atoms with E-state index in [4.69, 9.17) is 5.73 Å². The lowest BCUT2D eigenvalue weighted by Crippen LogP contribution is -2.15. The predicted octanol–water partition coefficient (Wildman–Crippen LogP) is 3.16. The Balaban J connectivity index is 2.12. The summed E-state index contributed by atoms with van der Waals surface area (Å²) in [4.78, 5) is 0. The average molecular weight is 369 g/mol. The quantitative estimate of drug-likeness (QED) is 0.851. The summed E-state index contributed by atoms with van der Waals surface area (Å²) in [5.74, 6) is -0.0625. The lowest BCUT2D eigenvalue weighted by molar-refractivity contribution is 0.600. The summed E-state index contributed by atoms with van der Waals surface area (Å²) in [6.07, 6.45) is 0. The number of aryl methyl sites for hydroxylation is 1. The molecule has 21 heavy (non-hydrogen) atoms. The molecule has 0 aliphatic heterocycles. The maximum absolute atomic E-state index is 12.2. The largest absolute Gasteiger partial charge is 0.326 e. The lowest BCUT2D eigenvalue weighted by Gasteiger charge is -2.10. The Kier molecular flexibility index (Phi) is 5.03. The average Bonchev–Trinajstić information content (AvgIpc) is 2.43. The highest BCUT2D eigenvalue weighted by Gasteiger charge is 2.12. The molecule has 0 saturated carbocycles. The molecule has 0 heterocycles. The van der Waals surface area contributed by atoms with Crippen molar-refractivity contribution in [3.8, 4) is 0 Å². The topological polar surface area (TPSA) is 72.2 Å². The number of halogens is 1.